The van der Waals surface area contributed by atoms with Crippen LogP contribution in [0.25, 0.3) is 0 Å². The molecule has 2 aliphatic carbocycles. The molecule has 1 aromatic carbocycles. The molecule has 0 unspecified atom stereocenters. The molecular weight excluding hydrogens is 358 g/mol. The summed E-state index contributed by atoms with van der Waals surface area (Å²) in [5, 5.41) is 23.3. The average molecular weight is 388 g/mol. The van der Waals surface area contributed by atoms with Crippen LogP contribution < -0.4 is 0 Å². The number of aliphatic hydroxyl groups is 1. The fraction of sp³-hybridized carbons (Fsp3) is 0.652. The molecule has 1 aliphatic heterocycles. The van der Waals surface area contributed by atoms with E-state index in [1.807, 2.05) is 12.1 Å². The summed E-state index contributed by atoms with van der Waals surface area (Å²) in [6.45, 7) is 3.55. The Labute approximate surface area is 167 Å². The monoisotopic (exact) mass is 387 g/mol. The highest BCUT2D eigenvalue weighted by Gasteiger charge is 2.51. The first-order chi connectivity index (χ1) is 13.0. The Morgan fingerprint density at radius 2 is 2.00 bits per heavy atom. The number of hydrogen-bond donors (Lipinski definition) is 2. The molecule has 1 saturated carbocycles. The van der Waals surface area contributed by atoms with Crippen LogP contribution in [-0.4, -0.2) is 40.3 Å². The van der Waals surface area contributed by atoms with Crippen molar-refractivity contribution >= 4 is 11.6 Å². The van der Waals surface area contributed by atoms with Crippen LogP contribution in [0, 0.1) is 17.2 Å². The van der Waals surface area contributed by atoms with Gasteiger partial charge >= 0.3 is 0 Å². The van der Waals surface area contributed by atoms with Gasteiger partial charge in [-0.1, -0.05) is 18.4 Å². The summed E-state index contributed by atoms with van der Waals surface area (Å²) in [4.78, 5) is 2.61. The van der Waals surface area contributed by atoms with Crippen molar-refractivity contribution in [2.75, 3.05) is 19.6 Å². The molecular formula is C23H30ClNO2. The van der Waals surface area contributed by atoms with Gasteiger partial charge in [-0.05, 0) is 117 Å². The molecule has 0 aromatic heterocycles. The predicted octanol–water partition coefficient (Wildman–Crippen LogP) is 4.18. The third-order valence-corrected chi connectivity index (χ3v) is 7.43. The van der Waals surface area contributed by atoms with Gasteiger partial charge in [-0.2, -0.15) is 0 Å². The molecule has 3 atom stereocenters. The van der Waals surface area contributed by atoms with Crippen LogP contribution in [0.15, 0.2) is 18.2 Å². The summed E-state index contributed by atoms with van der Waals surface area (Å²) in [5.74, 6) is 3.64. The van der Waals surface area contributed by atoms with Crippen LogP contribution in [0.5, 0.6) is 5.75 Å². The first-order valence-corrected chi connectivity index (χ1v) is 10.8. The lowest BCUT2D eigenvalue weighted by molar-refractivity contribution is -0.0138. The van der Waals surface area contributed by atoms with Gasteiger partial charge < -0.3 is 15.1 Å². The van der Waals surface area contributed by atoms with Crippen LogP contribution in [0.1, 0.15) is 62.5 Å². The number of fused-ring (bicyclic) bond motifs is 3. The van der Waals surface area contributed by atoms with Crippen LogP contribution in [0.4, 0.5) is 0 Å². The van der Waals surface area contributed by atoms with Crippen LogP contribution in [0.3, 0.4) is 0 Å². The number of aromatic hydroxyl groups is 1. The number of rotatable bonds is 3. The Balaban J connectivity index is 1.64. The number of phenolic OH excluding ortho intramolecular Hbond substituents is 1. The molecule has 3 nitrogen and oxygen atoms in total. The fourth-order valence-corrected chi connectivity index (χ4v) is 6.06. The second-order valence-electron chi connectivity index (χ2n) is 8.84. The van der Waals surface area contributed by atoms with E-state index in [-0.39, 0.29) is 5.41 Å². The average Bonchev–Trinajstić information content (AvgIpc) is 2.67. The summed E-state index contributed by atoms with van der Waals surface area (Å²) >= 11 is 5.64. The van der Waals surface area contributed by atoms with Crippen molar-refractivity contribution < 1.29 is 10.2 Å². The van der Waals surface area contributed by atoms with E-state index in [1.54, 1.807) is 0 Å². The third kappa shape index (κ3) is 3.73. The summed E-state index contributed by atoms with van der Waals surface area (Å²) in [6, 6.07) is 5.93. The normalized spacial score (nSPS) is 33.5. The van der Waals surface area contributed by atoms with E-state index in [4.69, 9.17) is 11.6 Å². The summed E-state index contributed by atoms with van der Waals surface area (Å²) in [5.41, 5.74) is 1.82. The molecule has 2 N–H and O–H groups in total. The highest BCUT2D eigenvalue weighted by molar-refractivity contribution is 6.30. The second kappa shape index (κ2) is 7.66. The maximum absolute atomic E-state index is 10.9. The number of aryl methyl sites for hydroxylation is 1. The minimum Gasteiger partial charge on any atom is -0.508 e. The molecule has 0 spiro atoms. The highest BCUT2D eigenvalue weighted by Crippen LogP contribution is 2.54. The van der Waals surface area contributed by atoms with Gasteiger partial charge in [0, 0.05) is 5.38 Å². The lowest BCUT2D eigenvalue weighted by Crippen LogP contribution is -2.51. The minimum atomic E-state index is -0.949. The fourth-order valence-electron chi connectivity index (χ4n) is 5.88. The number of phenols is 1. The zero-order chi connectivity index (χ0) is 18.9. The predicted molar refractivity (Wildman–Crippen MR) is 109 cm³/mol. The lowest BCUT2D eigenvalue weighted by atomic mass is 9.53. The van der Waals surface area contributed by atoms with Crippen molar-refractivity contribution in [2.45, 2.75) is 68.8 Å². The molecule has 1 saturated heterocycles. The number of halogens is 1. The summed E-state index contributed by atoms with van der Waals surface area (Å²) in [6.07, 6.45) is 9.42. The van der Waals surface area contributed by atoms with Crippen LogP contribution in [-0.2, 0) is 11.8 Å². The Morgan fingerprint density at radius 1 is 1.19 bits per heavy atom. The topological polar surface area (TPSA) is 43.7 Å². The number of likely N-dealkylation sites (tertiary alicyclic amines) is 1. The minimum absolute atomic E-state index is 0.0823. The van der Waals surface area contributed by atoms with Gasteiger partial charge in [-0.15, -0.1) is 0 Å². The van der Waals surface area contributed by atoms with Gasteiger partial charge in [-0.3, -0.25) is 0 Å². The van der Waals surface area contributed by atoms with E-state index in [1.165, 1.54) is 43.5 Å². The number of piperidine rings is 1. The van der Waals surface area contributed by atoms with Gasteiger partial charge in [0.25, 0.3) is 0 Å². The molecule has 0 amide bonds. The lowest BCUT2D eigenvalue weighted by Gasteiger charge is -2.52. The molecule has 4 heteroatoms. The molecule has 1 aromatic rings. The second-order valence-corrected chi connectivity index (χ2v) is 9.03. The molecule has 146 valence electrons. The SMILES string of the molecule is Oc1ccc2c(c1)CC[C@@H]1C[C@@](O)(C#CCl)CC[C@@]21CCN1CCCCC1. The Kier molecular flexibility index (Phi) is 5.43. The molecule has 0 radical (unpaired) electrons. The Morgan fingerprint density at radius 3 is 2.78 bits per heavy atom. The first kappa shape index (κ1) is 19.1. The van der Waals surface area contributed by atoms with Gasteiger partial charge in [0.2, 0.25) is 0 Å². The molecule has 2 fully saturated rings. The molecule has 1 heterocycles. The van der Waals surface area contributed by atoms with E-state index < -0.39 is 5.60 Å². The van der Waals surface area contributed by atoms with E-state index >= 15 is 0 Å². The van der Waals surface area contributed by atoms with Gasteiger partial charge in [0.05, 0.1) is 0 Å². The maximum Gasteiger partial charge on any atom is 0.127 e. The molecule has 27 heavy (non-hydrogen) atoms. The standard InChI is InChI=1S/C23H30ClNO2/c24-12-10-22(27)8-9-23(11-15-25-13-2-1-3-14-25)19(17-22)5-4-18-16-20(26)6-7-21(18)23/h6-7,16,19,26-27H,1-5,8-9,11,13-15,17H2/t19-,22+,23+/m1/s1. The number of nitrogens with zero attached hydrogens (tertiary/aromatic N) is 1. The molecule has 3 aliphatic rings. The molecule has 0 bridgehead atoms. The zero-order valence-corrected chi connectivity index (χ0v) is 16.8. The van der Waals surface area contributed by atoms with Crippen molar-refractivity contribution in [1.82, 2.24) is 4.90 Å². The quantitative estimate of drug-likeness (QED) is 0.764. The van der Waals surface area contributed by atoms with E-state index in [0.717, 1.165) is 32.2 Å². The summed E-state index contributed by atoms with van der Waals surface area (Å²) in [7, 11) is 0. The van der Waals surface area contributed by atoms with Crippen molar-refractivity contribution in [3.8, 4) is 17.0 Å². The van der Waals surface area contributed by atoms with E-state index in [0.29, 0.717) is 24.5 Å². The van der Waals surface area contributed by atoms with E-state index in [2.05, 4.69) is 22.3 Å². The number of benzene rings is 1. The first-order valence-electron chi connectivity index (χ1n) is 10.4. The van der Waals surface area contributed by atoms with Crippen LogP contribution in [0.2, 0.25) is 0 Å². The largest absolute Gasteiger partial charge is 0.508 e. The Bertz CT molecular complexity index is 748. The Hall–Kier alpha value is -1.21. The van der Waals surface area contributed by atoms with Gasteiger partial charge in [-0.25, -0.2) is 0 Å². The smallest absolute Gasteiger partial charge is 0.127 e. The van der Waals surface area contributed by atoms with Crippen molar-refractivity contribution in [2.24, 2.45) is 5.92 Å². The zero-order valence-electron chi connectivity index (χ0n) is 16.0. The van der Waals surface area contributed by atoms with Gasteiger partial charge in [0.1, 0.15) is 11.4 Å². The van der Waals surface area contributed by atoms with Gasteiger partial charge in [0.15, 0.2) is 0 Å². The molecule has 4 rings (SSSR count). The third-order valence-electron chi connectivity index (χ3n) is 7.34. The highest BCUT2D eigenvalue weighted by atomic mass is 35.5. The van der Waals surface area contributed by atoms with Crippen molar-refractivity contribution in [3.63, 3.8) is 0 Å². The maximum atomic E-state index is 10.9. The number of hydrogen-bond acceptors (Lipinski definition) is 3. The van der Waals surface area contributed by atoms with Crippen LogP contribution >= 0.6 is 11.6 Å². The van der Waals surface area contributed by atoms with Crippen molar-refractivity contribution in [3.05, 3.63) is 29.3 Å². The van der Waals surface area contributed by atoms with Crippen molar-refractivity contribution in [1.29, 1.82) is 0 Å². The summed E-state index contributed by atoms with van der Waals surface area (Å²) < 4.78 is 0. The van der Waals surface area contributed by atoms with E-state index in [9.17, 15) is 10.2 Å².